The third-order valence-corrected chi connectivity index (χ3v) is 5.21. The van der Waals surface area contributed by atoms with Gasteiger partial charge in [0.2, 0.25) is 0 Å². The minimum Gasteiger partial charge on any atom is -0.492 e. The maximum Gasteiger partial charge on any atom is 0.502 e. The van der Waals surface area contributed by atoms with Crippen LogP contribution in [0.3, 0.4) is 0 Å². The molecule has 0 aliphatic heterocycles. The number of hydrogen-bond acceptors (Lipinski definition) is 4. The number of nitrogens with zero attached hydrogens (tertiary/aromatic N) is 1. The van der Waals surface area contributed by atoms with E-state index in [1.54, 1.807) is 4.98 Å². The molecule has 0 amide bonds. The van der Waals surface area contributed by atoms with Crippen LogP contribution in [0.15, 0.2) is 21.6 Å². The van der Waals surface area contributed by atoms with Crippen molar-refractivity contribution in [2.75, 3.05) is 6.61 Å². The third-order valence-electron chi connectivity index (χ3n) is 3.13. The van der Waals surface area contributed by atoms with Crippen LogP contribution in [0.1, 0.15) is 12.6 Å². The van der Waals surface area contributed by atoms with Crippen LogP contribution in [0.5, 0.6) is 5.75 Å². The number of imidazole rings is 1. The van der Waals surface area contributed by atoms with E-state index in [4.69, 9.17) is 4.74 Å². The van der Waals surface area contributed by atoms with Gasteiger partial charge in [0.25, 0.3) is 9.84 Å². The van der Waals surface area contributed by atoms with E-state index in [-0.39, 0.29) is 12.7 Å². The Morgan fingerprint density at radius 1 is 1.19 bits per heavy atom. The molecule has 0 aliphatic carbocycles. The molecule has 0 saturated carbocycles. The highest BCUT2D eigenvalue weighted by Crippen LogP contribution is 2.40. The molecular weight excluding hydrogens is 477 g/mol. The van der Waals surface area contributed by atoms with Gasteiger partial charge in [-0.3, -0.25) is 0 Å². The molecule has 0 saturated heterocycles. The lowest BCUT2D eigenvalue weighted by atomic mass is 10.2. The summed E-state index contributed by atoms with van der Waals surface area (Å²) < 4.78 is 118. The Bertz CT molecular complexity index is 968. The summed E-state index contributed by atoms with van der Waals surface area (Å²) in [7, 11) is -5.96. The molecule has 1 heterocycles. The number of ether oxygens (including phenoxy) is 1. The molecule has 27 heavy (non-hydrogen) atoms. The Balaban J connectivity index is 2.71. The Kier molecular flexibility index (Phi) is 5.54. The van der Waals surface area contributed by atoms with Gasteiger partial charge in [0, 0.05) is 0 Å². The second kappa shape index (κ2) is 6.96. The molecule has 0 bridgehead atoms. The van der Waals surface area contributed by atoms with Gasteiger partial charge in [-0.15, -0.1) is 0 Å². The van der Waals surface area contributed by atoms with Crippen LogP contribution in [0, 0.1) is 5.82 Å². The number of sulfone groups is 1. The summed E-state index contributed by atoms with van der Waals surface area (Å²) in [5, 5.41) is 0. The maximum atomic E-state index is 14.3. The number of rotatable bonds is 4. The minimum atomic E-state index is -5.96. The molecule has 2 rings (SSSR count). The van der Waals surface area contributed by atoms with Crippen molar-refractivity contribution in [2.45, 2.75) is 23.5 Å². The highest BCUT2D eigenvalue weighted by molar-refractivity contribution is 9.10. The van der Waals surface area contributed by atoms with Crippen LogP contribution in [0.2, 0.25) is 0 Å². The number of nitrogens with one attached hydrogen (secondary N) is 1. The maximum absolute atomic E-state index is 14.3. The minimum absolute atomic E-state index is 0.0207. The van der Waals surface area contributed by atoms with Crippen molar-refractivity contribution in [1.29, 1.82) is 0 Å². The van der Waals surface area contributed by atoms with E-state index in [1.165, 1.54) is 6.92 Å². The fourth-order valence-corrected chi connectivity index (χ4v) is 3.38. The van der Waals surface area contributed by atoms with E-state index in [0.29, 0.717) is 6.07 Å². The summed E-state index contributed by atoms with van der Waals surface area (Å²) in [6.45, 7) is 1.03. The molecule has 1 N–H and O–H groups in total. The highest BCUT2D eigenvalue weighted by atomic mass is 79.9. The summed E-state index contributed by atoms with van der Waals surface area (Å²) in [6, 6.07) is 0.551. The summed E-state index contributed by atoms with van der Waals surface area (Å²) in [4.78, 5) is 3.71. The second-order valence-corrected chi connectivity index (χ2v) is 7.57. The molecule has 0 atom stereocenters. The van der Waals surface area contributed by atoms with Crippen LogP contribution in [-0.2, 0) is 16.0 Å². The molecule has 5 nitrogen and oxygen atoms in total. The molecule has 0 radical (unpaired) electrons. The standard InChI is InChI=1S/C13H8BrF7N2O3S/c1-2-26-7-3-5(11-22-9(10(14)23-11)12(16,17)18)6(15)4-8(7)27(24,25)13(19,20)21/h3-4H,2H2,1H3,(H,22,23). The van der Waals surface area contributed by atoms with Crippen molar-refractivity contribution in [3.05, 3.63) is 28.2 Å². The molecule has 0 aliphatic rings. The second-order valence-electron chi connectivity index (χ2n) is 4.91. The largest absolute Gasteiger partial charge is 0.502 e. The van der Waals surface area contributed by atoms with Crippen LogP contribution in [-0.4, -0.2) is 30.5 Å². The molecule has 1 aromatic carbocycles. The summed E-state index contributed by atoms with van der Waals surface area (Å²) in [5.41, 5.74) is -7.80. The van der Waals surface area contributed by atoms with Gasteiger partial charge in [-0.05, 0) is 35.0 Å². The van der Waals surface area contributed by atoms with Crippen LogP contribution < -0.4 is 4.74 Å². The zero-order valence-electron chi connectivity index (χ0n) is 13.0. The van der Waals surface area contributed by atoms with Gasteiger partial charge in [-0.25, -0.2) is 17.8 Å². The van der Waals surface area contributed by atoms with Crippen molar-refractivity contribution < 1.29 is 43.9 Å². The average Bonchev–Trinajstić information content (AvgIpc) is 2.89. The lowest BCUT2D eigenvalue weighted by molar-refractivity contribution is -0.141. The van der Waals surface area contributed by atoms with E-state index in [0.717, 1.165) is 0 Å². The smallest absolute Gasteiger partial charge is 0.492 e. The first-order chi connectivity index (χ1) is 12.2. The fourth-order valence-electron chi connectivity index (χ4n) is 1.99. The van der Waals surface area contributed by atoms with Gasteiger partial charge in [-0.1, -0.05) is 0 Å². The first kappa shape index (κ1) is 21.5. The molecule has 0 spiro atoms. The number of benzene rings is 1. The van der Waals surface area contributed by atoms with E-state index in [9.17, 15) is 39.2 Å². The van der Waals surface area contributed by atoms with E-state index < -0.39 is 59.7 Å². The number of halogens is 8. The predicted octanol–water partition coefficient (Wildman–Crippen LogP) is 4.69. The topological polar surface area (TPSA) is 72.0 Å². The van der Waals surface area contributed by atoms with E-state index >= 15 is 0 Å². The summed E-state index contributed by atoms with van der Waals surface area (Å²) in [6.07, 6.45) is -4.87. The zero-order chi connectivity index (χ0) is 20.8. The monoisotopic (exact) mass is 484 g/mol. The first-order valence-electron chi connectivity index (χ1n) is 6.81. The van der Waals surface area contributed by atoms with Crippen molar-refractivity contribution in [2.24, 2.45) is 0 Å². The quantitative estimate of drug-likeness (QED) is 0.639. The fraction of sp³-hybridized carbons (Fsp3) is 0.308. The zero-order valence-corrected chi connectivity index (χ0v) is 15.4. The van der Waals surface area contributed by atoms with Crippen molar-refractivity contribution in [3.63, 3.8) is 0 Å². The Labute approximate surface area is 155 Å². The van der Waals surface area contributed by atoms with Crippen LogP contribution in [0.4, 0.5) is 30.7 Å². The van der Waals surface area contributed by atoms with E-state index in [1.807, 2.05) is 0 Å². The van der Waals surface area contributed by atoms with Gasteiger partial charge >= 0.3 is 11.7 Å². The van der Waals surface area contributed by atoms with Crippen molar-refractivity contribution in [3.8, 4) is 17.1 Å². The highest BCUT2D eigenvalue weighted by Gasteiger charge is 2.49. The number of hydrogen-bond donors (Lipinski definition) is 1. The molecular formula is C13H8BrF7N2O3S. The number of alkyl halides is 6. The molecule has 0 unspecified atom stereocenters. The van der Waals surface area contributed by atoms with Crippen molar-refractivity contribution in [1.82, 2.24) is 9.97 Å². The third kappa shape index (κ3) is 4.05. The van der Waals surface area contributed by atoms with Gasteiger partial charge in [0.1, 0.15) is 26.9 Å². The summed E-state index contributed by atoms with van der Waals surface area (Å²) in [5.74, 6) is -3.12. The molecule has 0 fully saturated rings. The Hall–Kier alpha value is -1.83. The first-order valence-corrected chi connectivity index (χ1v) is 9.08. The number of aromatic nitrogens is 2. The number of aromatic amines is 1. The molecule has 14 heteroatoms. The van der Waals surface area contributed by atoms with Gasteiger partial charge < -0.3 is 9.72 Å². The SMILES string of the molecule is CCOc1cc(-c2nc(Br)c(C(F)(F)F)[nH]2)c(F)cc1S(=O)(=O)C(F)(F)F. The van der Waals surface area contributed by atoms with Gasteiger partial charge in [0.05, 0.1) is 12.2 Å². The number of H-pyrrole nitrogens is 1. The van der Waals surface area contributed by atoms with Gasteiger partial charge in [0.15, 0.2) is 5.69 Å². The van der Waals surface area contributed by atoms with E-state index in [2.05, 4.69) is 20.9 Å². The van der Waals surface area contributed by atoms with Crippen molar-refractivity contribution >= 4 is 25.8 Å². The predicted molar refractivity (Wildman–Crippen MR) is 81.1 cm³/mol. The Morgan fingerprint density at radius 3 is 2.22 bits per heavy atom. The van der Waals surface area contributed by atoms with Gasteiger partial charge in [-0.2, -0.15) is 26.3 Å². The molecule has 150 valence electrons. The normalized spacial score (nSPS) is 13.1. The molecule has 1 aromatic heterocycles. The Morgan fingerprint density at radius 2 is 1.78 bits per heavy atom. The van der Waals surface area contributed by atoms with Crippen LogP contribution in [0.25, 0.3) is 11.4 Å². The molecule has 2 aromatic rings. The van der Waals surface area contributed by atoms with Crippen LogP contribution >= 0.6 is 15.9 Å². The average molecular weight is 485 g/mol. The lowest BCUT2D eigenvalue weighted by Crippen LogP contribution is -2.24. The summed E-state index contributed by atoms with van der Waals surface area (Å²) >= 11 is 2.54. The lowest BCUT2D eigenvalue weighted by Gasteiger charge is -2.14.